The van der Waals surface area contributed by atoms with Crippen LogP contribution >= 0.6 is 11.3 Å². The molecule has 178 valence electrons. The quantitative estimate of drug-likeness (QED) is 0.566. The Morgan fingerprint density at radius 1 is 1.14 bits per heavy atom. The van der Waals surface area contributed by atoms with Crippen molar-refractivity contribution in [1.29, 1.82) is 5.26 Å². The molecule has 0 unspecified atom stereocenters. The van der Waals surface area contributed by atoms with Crippen molar-refractivity contribution in [1.82, 2.24) is 20.2 Å². The summed E-state index contributed by atoms with van der Waals surface area (Å²) in [6, 6.07) is 13.3. The summed E-state index contributed by atoms with van der Waals surface area (Å²) in [7, 11) is 0. The summed E-state index contributed by atoms with van der Waals surface area (Å²) in [6.07, 6.45) is 2.17. The number of aromatic nitrogens is 2. The van der Waals surface area contributed by atoms with Crippen LogP contribution in [0.5, 0.6) is 0 Å². The summed E-state index contributed by atoms with van der Waals surface area (Å²) in [5, 5.41) is 15.8. The van der Waals surface area contributed by atoms with Gasteiger partial charge >= 0.3 is 6.03 Å². The van der Waals surface area contributed by atoms with E-state index in [9.17, 15) is 14.9 Å². The van der Waals surface area contributed by atoms with Crippen molar-refractivity contribution in [2.24, 2.45) is 5.41 Å². The van der Waals surface area contributed by atoms with Crippen LogP contribution in [0.3, 0.4) is 0 Å². The van der Waals surface area contributed by atoms with E-state index in [4.69, 9.17) is 4.98 Å². The SMILES string of the molecule is Cc1cc(-c2sc(NC(=O)N3CCC4(CC3)CNC(=O)C4)nc2-c2cccc(C#N)c2)cc(C)n1. The van der Waals surface area contributed by atoms with Gasteiger partial charge in [0.2, 0.25) is 5.91 Å². The average Bonchev–Trinajstić information content (AvgIpc) is 3.42. The first-order chi connectivity index (χ1) is 16.8. The third-order valence-electron chi connectivity index (χ3n) is 6.76. The molecule has 5 rings (SSSR count). The van der Waals surface area contributed by atoms with Crippen molar-refractivity contribution in [2.45, 2.75) is 33.1 Å². The molecule has 0 bridgehead atoms. The molecule has 0 aliphatic carbocycles. The van der Waals surface area contributed by atoms with E-state index >= 15 is 0 Å². The standard InChI is InChI=1S/C26H26N6O2S/c1-16-10-20(11-17(2)29-16)23-22(19-5-3-4-18(12-19)14-27)30-24(35-23)31-25(34)32-8-6-26(7-9-32)13-21(33)28-15-26/h3-5,10-12H,6-9,13,15H2,1-2H3,(H,28,33)(H,30,31,34). The fraction of sp³-hybridized carbons (Fsp3) is 0.346. The molecule has 0 atom stereocenters. The molecular formula is C26H26N6O2S. The van der Waals surface area contributed by atoms with Crippen molar-refractivity contribution < 1.29 is 9.59 Å². The highest BCUT2D eigenvalue weighted by Crippen LogP contribution is 2.41. The van der Waals surface area contributed by atoms with Gasteiger partial charge in [-0.3, -0.25) is 15.1 Å². The lowest BCUT2D eigenvalue weighted by atomic mass is 9.78. The molecule has 1 spiro atoms. The first-order valence-electron chi connectivity index (χ1n) is 11.6. The lowest BCUT2D eigenvalue weighted by molar-refractivity contribution is -0.119. The second kappa shape index (κ2) is 9.12. The normalized spacial score (nSPS) is 16.7. The van der Waals surface area contributed by atoms with E-state index in [0.717, 1.165) is 45.9 Å². The number of benzene rings is 1. The van der Waals surface area contributed by atoms with Gasteiger partial charge in [0.15, 0.2) is 5.13 Å². The molecule has 1 aromatic carbocycles. The molecule has 35 heavy (non-hydrogen) atoms. The molecule has 0 saturated carbocycles. The summed E-state index contributed by atoms with van der Waals surface area (Å²) in [5.74, 6) is 0.104. The first kappa shape index (κ1) is 23.0. The molecule has 2 aromatic heterocycles. The minimum Gasteiger partial charge on any atom is -0.356 e. The van der Waals surface area contributed by atoms with E-state index in [1.54, 1.807) is 11.0 Å². The highest BCUT2D eigenvalue weighted by atomic mass is 32.1. The molecule has 4 heterocycles. The summed E-state index contributed by atoms with van der Waals surface area (Å²) in [4.78, 5) is 36.7. The van der Waals surface area contributed by atoms with Crippen LogP contribution in [0.1, 0.15) is 36.2 Å². The van der Waals surface area contributed by atoms with Gasteiger partial charge in [-0.1, -0.05) is 23.5 Å². The van der Waals surface area contributed by atoms with Gasteiger partial charge in [0.1, 0.15) is 0 Å². The topological polar surface area (TPSA) is 111 Å². The van der Waals surface area contributed by atoms with Crippen molar-refractivity contribution >= 4 is 28.4 Å². The lowest BCUT2D eigenvalue weighted by Crippen LogP contribution is -2.45. The van der Waals surface area contributed by atoms with E-state index in [1.165, 1.54) is 11.3 Å². The van der Waals surface area contributed by atoms with Gasteiger partial charge in [-0.25, -0.2) is 9.78 Å². The van der Waals surface area contributed by atoms with E-state index in [0.29, 0.717) is 36.8 Å². The maximum Gasteiger partial charge on any atom is 0.323 e. The van der Waals surface area contributed by atoms with E-state index in [-0.39, 0.29) is 17.4 Å². The number of aryl methyl sites for hydroxylation is 2. The van der Waals surface area contributed by atoms with Crippen LogP contribution in [0, 0.1) is 30.6 Å². The number of likely N-dealkylation sites (tertiary alicyclic amines) is 1. The number of anilines is 1. The Hall–Kier alpha value is -3.77. The molecule has 3 amide bonds. The predicted molar refractivity (Wildman–Crippen MR) is 135 cm³/mol. The zero-order chi connectivity index (χ0) is 24.6. The third-order valence-corrected chi connectivity index (χ3v) is 7.78. The van der Waals surface area contributed by atoms with Crippen LogP contribution in [-0.2, 0) is 4.79 Å². The number of nitrogens with one attached hydrogen (secondary N) is 2. The number of nitriles is 1. The number of rotatable bonds is 3. The van der Waals surface area contributed by atoms with E-state index in [1.807, 2.05) is 44.2 Å². The largest absolute Gasteiger partial charge is 0.356 e. The van der Waals surface area contributed by atoms with Crippen molar-refractivity contribution in [2.75, 3.05) is 25.0 Å². The molecule has 8 nitrogen and oxygen atoms in total. The number of hydrogen-bond acceptors (Lipinski definition) is 6. The van der Waals surface area contributed by atoms with Gasteiger partial charge in [-0.15, -0.1) is 0 Å². The number of amides is 3. The molecule has 2 aliphatic rings. The van der Waals surface area contributed by atoms with Gasteiger partial charge in [0, 0.05) is 43.0 Å². The number of piperidine rings is 1. The second-order valence-electron chi connectivity index (χ2n) is 9.40. The fourth-order valence-electron chi connectivity index (χ4n) is 4.93. The predicted octanol–water partition coefficient (Wildman–Crippen LogP) is 4.49. The minimum atomic E-state index is -0.183. The Morgan fingerprint density at radius 2 is 1.89 bits per heavy atom. The van der Waals surface area contributed by atoms with E-state index in [2.05, 4.69) is 21.7 Å². The number of carbonyl (C=O) groups excluding carboxylic acids is 2. The lowest BCUT2D eigenvalue weighted by Gasteiger charge is -2.37. The number of pyridine rings is 1. The Labute approximate surface area is 208 Å². The van der Waals surface area contributed by atoms with Gasteiger partial charge in [0.25, 0.3) is 0 Å². The zero-order valence-electron chi connectivity index (χ0n) is 19.7. The summed E-state index contributed by atoms with van der Waals surface area (Å²) in [6.45, 7) is 5.82. The Morgan fingerprint density at radius 3 is 2.54 bits per heavy atom. The smallest absolute Gasteiger partial charge is 0.323 e. The highest BCUT2D eigenvalue weighted by Gasteiger charge is 2.41. The van der Waals surface area contributed by atoms with Crippen molar-refractivity contribution in [3.8, 4) is 27.8 Å². The van der Waals surface area contributed by atoms with Crippen LogP contribution < -0.4 is 10.6 Å². The number of carbonyl (C=O) groups is 2. The second-order valence-corrected chi connectivity index (χ2v) is 10.4. The van der Waals surface area contributed by atoms with Crippen LogP contribution in [0.2, 0.25) is 0 Å². The molecule has 2 aliphatic heterocycles. The molecular weight excluding hydrogens is 460 g/mol. The first-order valence-corrected chi connectivity index (χ1v) is 12.5. The monoisotopic (exact) mass is 486 g/mol. The Bertz CT molecular complexity index is 1330. The van der Waals surface area contributed by atoms with E-state index < -0.39 is 0 Å². The number of thiazole rings is 1. The van der Waals surface area contributed by atoms with Crippen LogP contribution in [0.4, 0.5) is 9.93 Å². The third kappa shape index (κ3) is 4.75. The molecule has 0 radical (unpaired) electrons. The van der Waals surface area contributed by atoms with Crippen LogP contribution in [0.15, 0.2) is 36.4 Å². The highest BCUT2D eigenvalue weighted by molar-refractivity contribution is 7.19. The Kier molecular flexibility index (Phi) is 5.99. The van der Waals surface area contributed by atoms with Crippen molar-refractivity contribution in [3.63, 3.8) is 0 Å². The van der Waals surface area contributed by atoms with Gasteiger partial charge < -0.3 is 10.2 Å². The summed E-state index contributed by atoms with van der Waals surface area (Å²) < 4.78 is 0. The molecule has 2 N–H and O–H groups in total. The maximum atomic E-state index is 13.1. The molecule has 2 saturated heterocycles. The summed E-state index contributed by atoms with van der Waals surface area (Å²) in [5.41, 5.74) is 4.86. The maximum absolute atomic E-state index is 13.1. The van der Waals surface area contributed by atoms with Crippen molar-refractivity contribution in [3.05, 3.63) is 53.3 Å². The minimum absolute atomic E-state index is 0.0157. The average molecular weight is 487 g/mol. The molecule has 9 heteroatoms. The Balaban J connectivity index is 1.41. The number of nitrogens with zero attached hydrogens (tertiary/aromatic N) is 4. The zero-order valence-corrected chi connectivity index (χ0v) is 20.5. The number of urea groups is 1. The van der Waals surface area contributed by atoms with Gasteiger partial charge in [0.05, 0.1) is 22.2 Å². The fourth-order valence-corrected chi connectivity index (χ4v) is 5.89. The van der Waals surface area contributed by atoms with Gasteiger partial charge in [-0.05, 0) is 61.9 Å². The van der Waals surface area contributed by atoms with Crippen LogP contribution in [-0.4, -0.2) is 46.4 Å². The summed E-state index contributed by atoms with van der Waals surface area (Å²) >= 11 is 1.41. The number of hydrogen-bond donors (Lipinski definition) is 2. The van der Waals surface area contributed by atoms with Crippen LogP contribution in [0.25, 0.3) is 21.7 Å². The molecule has 2 fully saturated rings. The van der Waals surface area contributed by atoms with Gasteiger partial charge in [-0.2, -0.15) is 5.26 Å². The molecule has 3 aromatic rings.